The zero-order valence-electron chi connectivity index (χ0n) is 6.13. The van der Waals surface area contributed by atoms with Crippen LogP contribution in [-0.2, 0) is 0 Å². The standard InChI is InChI=1S/C6H10N4/c1-3-9-6(8)10-5(2)4-7/h3H2,1-2H3,(H2,8,9). The van der Waals surface area contributed by atoms with Gasteiger partial charge in [-0.1, -0.05) is 0 Å². The van der Waals surface area contributed by atoms with Crippen LogP contribution in [0.4, 0.5) is 0 Å². The van der Waals surface area contributed by atoms with E-state index in [1.54, 1.807) is 6.92 Å². The predicted molar refractivity (Wildman–Crippen MR) is 40.9 cm³/mol. The van der Waals surface area contributed by atoms with Gasteiger partial charge in [0.2, 0.25) is 5.96 Å². The highest BCUT2D eigenvalue weighted by atomic mass is 15.0. The van der Waals surface area contributed by atoms with Gasteiger partial charge in [-0.15, -0.1) is 0 Å². The molecule has 2 N–H and O–H groups in total. The van der Waals surface area contributed by atoms with E-state index >= 15 is 0 Å². The smallest absolute Gasteiger partial charge is 0.216 e. The largest absolute Gasteiger partial charge is 0.368 e. The number of hydrogen-bond donors (Lipinski definition) is 1. The molecule has 0 saturated heterocycles. The predicted octanol–water partition coefficient (Wildman–Crippen LogP) is 0.305. The van der Waals surface area contributed by atoms with E-state index in [1.165, 1.54) is 0 Å². The highest BCUT2D eigenvalue weighted by Gasteiger charge is 1.87. The van der Waals surface area contributed by atoms with E-state index in [9.17, 15) is 0 Å². The van der Waals surface area contributed by atoms with Crippen LogP contribution in [-0.4, -0.2) is 18.2 Å². The van der Waals surface area contributed by atoms with Crippen LogP contribution in [0.3, 0.4) is 0 Å². The number of nitriles is 1. The van der Waals surface area contributed by atoms with Gasteiger partial charge in [0.1, 0.15) is 11.8 Å². The first-order chi connectivity index (χ1) is 4.70. The van der Waals surface area contributed by atoms with Gasteiger partial charge < -0.3 is 5.73 Å². The Bertz CT molecular complexity index is 196. The van der Waals surface area contributed by atoms with Crippen molar-refractivity contribution in [2.75, 3.05) is 6.54 Å². The second-order valence-corrected chi connectivity index (χ2v) is 1.64. The monoisotopic (exact) mass is 138 g/mol. The van der Waals surface area contributed by atoms with Gasteiger partial charge in [-0.05, 0) is 13.8 Å². The Morgan fingerprint density at radius 1 is 1.70 bits per heavy atom. The summed E-state index contributed by atoms with van der Waals surface area (Å²) in [5.41, 5.74) is 5.60. The van der Waals surface area contributed by atoms with Crippen LogP contribution >= 0.6 is 0 Å². The molecule has 0 radical (unpaired) electrons. The van der Waals surface area contributed by atoms with Crippen LogP contribution in [0.15, 0.2) is 9.98 Å². The zero-order valence-corrected chi connectivity index (χ0v) is 6.13. The lowest BCUT2D eigenvalue weighted by atomic mass is 10.5. The molecule has 0 bridgehead atoms. The molecule has 0 aliphatic rings. The second kappa shape index (κ2) is 4.50. The summed E-state index contributed by atoms with van der Waals surface area (Å²) < 4.78 is 0. The fourth-order valence-electron chi connectivity index (χ4n) is 0.394. The number of rotatable bonds is 1. The van der Waals surface area contributed by atoms with Crippen molar-refractivity contribution in [1.29, 1.82) is 5.26 Å². The zero-order chi connectivity index (χ0) is 7.98. The van der Waals surface area contributed by atoms with Gasteiger partial charge in [-0.25, -0.2) is 4.99 Å². The van der Waals surface area contributed by atoms with Crippen LogP contribution in [0.1, 0.15) is 13.8 Å². The third kappa shape index (κ3) is 3.61. The van der Waals surface area contributed by atoms with Crippen molar-refractivity contribution >= 4 is 11.7 Å². The first kappa shape index (κ1) is 8.63. The number of nitrogens with zero attached hydrogens (tertiary/aromatic N) is 3. The number of guanidine groups is 1. The first-order valence-electron chi connectivity index (χ1n) is 2.96. The summed E-state index contributed by atoms with van der Waals surface area (Å²) in [4.78, 5) is 7.44. The molecule has 0 rings (SSSR count). The van der Waals surface area contributed by atoms with Crippen molar-refractivity contribution in [2.24, 2.45) is 15.7 Å². The van der Waals surface area contributed by atoms with Crippen molar-refractivity contribution in [3.8, 4) is 6.07 Å². The normalized spacial score (nSPS) is 12.9. The van der Waals surface area contributed by atoms with Crippen molar-refractivity contribution in [3.05, 3.63) is 0 Å². The van der Waals surface area contributed by atoms with Gasteiger partial charge >= 0.3 is 0 Å². The summed E-state index contributed by atoms with van der Waals surface area (Å²) in [6, 6.07) is 1.84. The Morgan fingerprint density at radius 3 is 2.70 bits per heavy atom. The van der Waals surface area contributed by atoms with E-state index in [0.29, 0.717) is 12.3 Å². The van der Waals surface area contributed by atoms with E-state index in [-0.39, 0.29) is 5.96 Å². The van der Waals surface area contributed by atoms with E-state index in [1.807, 2.05) is 13.0 Å². The number of hydrogen-bond acceptors (Lipinski definition) is 2. The molecule has 0 aliphatic heterocycles. The lowest BCUT2D eigenvalue weighted by Gasteiger charge is -1.88. The molecule has 4 nitrogen and oxygen atoms in total. The minimum atomic E-state index is 0.168. The molecule has 0 aromatic carbocycles. The van der Waals surface area contributed by atoms with Gasteiger partial charge in [-0.2, -0.15) is 5.26 Å². The van der Waals surface area contributed by atoms with E-state index in [2.05, 4.69) is 9.98 Å². The molecule has 0 amide bonds. The Labute approximate surface area is 60.1 Å². The Morgan fingerprint density at radius 2 is 2.30 bits per heavy atom. The SMILES string of the molecule is CCN=C(N)N=C(C)C#N. The van der Waals surface area contributed by atoms with Gasteiger partial charge in [0.25, 0.3) is 0 Å². The minimum Gasteiger partial charge on any atom is -0.368 e. The Kier molecular flexibility index (Phi) is 3.89. The molecule has 0 unspecified atom stereocenters. The lowest BCUT2D eigenvalue weighted by molar-refractivity contribution is 1.11. The highest BCUT2D eigenvalue weighted by Crippen LogP contribution is 1.76. The van der Waals surface area contributed by atoms with Crippen molar-refractivity contribution < 1.29 is 0 Å². The summed E-state index contributed by atoms with van der Waals surface area (Å²) in [6.07, 6.45) is 0. The maximum absolute atomic E-state index is 8.26. The van der Waals surface area contributed by atoms with Crippen molar-refractivity contribution in [3.63, 3.8) is 0 Å². The maximum atomic E-state index is 8.26. The fourth-order valence-corrected chi connectivity index (χ4v) is 0.394. The molecular weight excluding hydrogens is 128 g/mol. The average molecular weight is 138 g/mol. The fraction of sp³-hybridized carbons (Fsp3) is 0.500. The summed E-state index contributed by atoms with van der Waals surface area (Å²) in [7, 11) is 0. The molecule has 0 saturated carbocycles. The van der Waals surface area contributed by atoms with Crippen molar-refractivity contribution in [1.82, 2.24) is 0 Å². The minimum absolute atomic E-state index is 0.168. The lowest BCUT2D eigenvalue weighted by Crippen LogP contribution is -2.10. The third-order valence-electron chi connectivity index (χ3n) is 0.764. The van der Waals surface area contributed by atoms with Gasteiger partial charge in [-0.3, -0.25) is 4.99 Å². The highest BCUT2D eigenvalue weighted by molar-refractivity contribution is 6.03. The first-order valence-corrected chi connectivity index (χ1v) is 2.96. The van der Waals surface area contributed by atoms with Crippen LogP contribution in [0, 0.1) is 11.3 Å². The van der Waals surface area contributed by atoms with E-state index in [0.717, 1.165) is 0 Å². The molecule has 54 valence electrons. The van der Waals surface area contributed by atoms with Crippen LogP contribution in [0.2, 0.25) is 0 Å². The van der Waals surface area contributed by atoms with E-state index < -0.39 is 0 Å². The Hall–Kier alpha value is -1.37. The summed E-state index contributed by atoms with van der Waals surface area (Å²) in [5, 5.41) is 8.26. The number of aliphatic imine (C=N–C) groups is 2. The Balaban J connectivity index is 4.15. The molecule has 4 heteroatoms. The molecule has 0 spiro atoms. The second-order valence-electron chi connectivity index (χ2n) is 1.64. The molecule has 10 heavy (non-hydrogen) atoms. The van der Waals surface area contributed by atoms with Gasteiger partial charge in [0, 0.05) is 6.54 Å². The molecular formula is C6H10N4. The van der Waals surface area contributed by atoms with E-state index in [4.69, 9.17) is 11.0 Å². The molecule has 0 atom stereocenters. The molecule has 0 heterocycles. The molecule has 0 aliphatic carbocycles. The third-order valence-corrected chi connectivity index (χ3v) is 0.764. The summed E-state index contributed by atoms with van der Waals surface area (Å²) in [6.45, 7) is 4.02. The molecule has 0 fully saturated rings. The summed E-state index contributed by atoms with van der Waals surface area (Å²) >= 11 is 0. The molecule has 0 aromatic heterocycles. The summed E-state index contributed by atoms with van der Waals surface area (Å²) in [5.74, 6) is 0.168. The van der Waals surface area contributed by atoms with Crippen LogP contribution in [0.25, 0.3) is 0 Å². The van der Waals surface area contributed by atoms with Crippen molar-refractivity contribution in [2.45, 2.75) is 13.8 Å². The topological polar surface area (TPSA) is 74.5 Å². The quantitative estimate of drug-likeness (QED) is 0.418. The molecule has 0 aromatic rings. The van der Waals surface area contributed by atoms with Crippen LogP contribution in [0.5, 0.6) is 0 Å². The maximum Gasteiger partial charge on any atom is 0.216 e. The average Bonchev–Trinajstić information content (AvgIpc) is 1.88. The van der Waals surface area contributed by atoms with Gasteiger partial charge in [0.05, 0.1) is 0 Å². The van der Waals surface area contributed by atoms with Crippen LogP contribution < -0.4 is 5.73 Å². The van der Waals surface area contributed by atoms with Gasteiger partial charge in [0.15, 0.2) is 0 Å². The number of nitrogens with two attached hydrogens (primary N) is 1.